The lowest BCUT2D eigenvalue weighted by Gasteiger charge is -2.19. The fourth-order valence-electron chi connectivity index (χ4n) is 1.26. The van der Waals surface area contributed by atoms with Crippen LogP contribution in [-0.4, -0.2) is 18.8 Å². The molecule has 2 nitrogen and oxygen atoms in total. The number of rotatable bonds is 5. The molecule has 0 saturated carbocycles. The van der Waals surface area contributed by atoms with E-state index < -0.39 is 18.1 Å². The van der Waals surface area contributed by atoms with Crippen molar-refractivity contribution in [2.24, 2.45) is 11.8 Å². The van der Waals surface area contributed by atoms with Crippen LogP contribution in [0.1, 0.15) is 33.6 Å². The fourth-order valence-corrected chi connectivity index (χ4v) is 1.26. The van der Waals surface area contributed by atoms with Crippen molar-refractivity contribution in [1.29, 1.82) is 0 Å². The van der Waals surface area contributed by atoms with E-state index in [1.807, 2.05) is 0 Å². The molecule has 0 aromatic rings. The van der Waals surface area contributed by atoms with E-state index in [4.69, 9.17) is 0 Å². The Morgan fingerprint density at radius 3 is 2.27 bits per heavy atom. The number of hydrogen-bond donors (Lipinski definition) is 0. The van der Waals surface area contributed by atoms with Crippen LogP contribution in [0.5, 0.6) is 0 Å². The SMILES string of the molecule is CC(=O)OCCC(C)CC(C)C(F)(F)F. The highest BCUT2D eigenvalue weighted by Crippen LogP contribution is 2.31. The molecule has 0 saturated heterocycles. The smallest absolute Gasteiger partial charge is 0.391 e. The van der Waals surface area contributed by atoms with Crippen LogP contribution >= 0.6 is 0 Å². The molecule has 0 radical (unpaired) electrons. The van der Waals surface area contributed by atoms with Gasteiger partial charge in [0.1, 0.15) is 0 Å². The minimum Gasteiger partial charge on any atom is -0.466 e. The van der Waals surface area contributed by atoms with Crippen LogP contribution in [0.15, 0.2) is 0 Å². The second-order valence-corrected chi connectivity index (χ2v) is 3.91. The first-order chi connectivity index (χ1) is 6.73. The molecule has 90 valence electrons. The summed E-state index contributed by atoms with van der Waals surface area (Å²) in [6.07, 6.45) is -3.58. The number of ether oxygens (including phenoxy) is 1. The van der Waals surface area contributed by atoms with Gasteiger partial charge in [0.2, 0.25) is 0 Å². The summed E-state index contributed by atoms with van der Waals surface area (Å²) in [5.74, 6) is -1.79. The van der Waals surface area contributed by atoms with Crippen LogP contribution in [0, 0.1) is 11.8 Å². The Labute approximate surface area is 87.8 Å². The van der Waals surface area contributed by atoms with E-state index in [1.54, 1.807) is 6.92 Å². The number of halogens is 3. The molecule has 0 heterocycles. The van der Waals surface area contributed by atoms with Gasteiger partial charge in [0.25, 0.3) is 0 Å². The zero-order chi connectivity index (χ0) is 12.1. The van der Waals surface area contributed by atoms with Gasteiger partial charge in [-0.1, -0.05) is 13.8 Å². The molecule has 2 atom stereocenters. The van der Waals surface area contributed by atoms with E-state index in [1.165, 1.54) is 13.8 Å². The highest BCUT2D eigenvalue weighted by Gasteiger charge is 2.36. The first kappa shape index (κ1) is 14.3. The molecule has 0 amide bonds. The number of alkyl halides is 3. The molecule has 0 aliphatic heterocycles. The Hall–Kier alpha value is -0.740. The van der Waals surface area contributed by atoms with Gasteiger partial charge in [-0.05, 0) is 18.8 Å². The van der Waals surface area contributed by atoms with Gasteiger partial charge in [-0.2, -0.15) is 13.2 Å². The zero-order valence-electron chi connectivity index (χ0n) is 9.23. The van der Waals surface area contributed by atoms with Crippen LogP contribution in [-0.2, 0) is 9.53 Å². The van der Waals surface area contributed by atoms with Gasteiger partial charge in [0.15, 0.2) is 0 Å². The van der Waals surface area contributed by atoms with Gasteiger partial charge in [0, 0.05) is 6.92 Å². The summed E-state index contributed by atoms with van der Waals surface area (Å²) < 4.78 is 41.2. The molecule has 0 fully saturated rings. The molecule has 0 spiro atoms. The summed E-state index contributed by atoms with van der Waals surface area (Å²) in [6.45, 7) is 4.37. The standard InChI is InChI=1S/C10H17F3O2/c1-7(4-5-15-9(3)14)6-8(2)10(11,12)13/h7-8H,4-6H2,1-3H3. The van der Waals surface area contributed by atoms with Gasteiger partial charge in [-0.3, -0.25) is 4.79 Å². The monoisotopic (exact) mass is 226 g/mol. The summed E-state index contributed by atoms with van der Waals surface area (Å²) in [5, 5.41) is 0. The third kappa shape index (κ3) is 7.22. The molecule has 0 aliphatic carbocycles. The summed E-state index contributed by atoms with van der Waals surface area (Å²) in [7, 11) is 0. The maximum atomic E-state index is 12.2. The van der Waals surface area contributed by atoms with E-state index in [0.717, 1.165) is 0 Å². The lowest BCUT2D eigenvalue weighted by Crippen LogP contribution is -2.22. The normalized spacial score (nSPS) is 15.9. The first-order valence-corrected chi connectivity index (χ1v) is 4.93. The third-order valence-corrected chi connectivity index (χ3v) is 2.23. The largest absolute Gasteiger partial charge is 0.466 e. The Kier molecular flexibility index (Phi) is 5.68. The van der Waals surface area contributed by atoms with Crippen molar-refractivity contribution in [3.05, 3.63) is 0 Å². The number of carbonyl (C=O) groups is 1. The van der Waals surface area contributed by atoms with Crippen molar-refractivity contribution in [2.45, 2.75) is 39.8 Å². The van der Waals surface area contributed by atoms with Crippen molar-refractivity contribution in [1.82, 2.24) is 0 Å². The van der Waals surface area contributed by atoms with Gasteiger partial charge in [-0.25, -0.2) is 0 Å². The number of hydrogen-bond acceptors (Lipinski definition) is 2. The van der Waals surface area contributed by atoms with E-state index in [0.29, 0.717) is 6.42 Å². The first-order valence-electron chi connectivity index (χ1n) is 4.93. The minimum atomic E-state index is -4.13. The van der Waals surface area contributed by atoms with Crippen LogP contribution < -0.4 is 0 Å². The number of esters is 1. The Morgan fingerprint density at radius 2 is 1.87 bits per heavy atom. The lowest BCUT2D eigenvalue weighted by molar-refractivity contribution is -0.174. The van der Waals surface area contributed by atoms with Gasteiger partial charge in [-0.15, -0.1) is 0 Å². The van der Waals surface area contributed by atoms with Crippen molar-refractivity contribution in [3.8, 4) is 0 Å². The van der Waals surface area contributed by atoms with Crippen LogP contribution in [0.4, 0.5) is 13.2 Å². The van der Waals surface area contributed by atoms with E-state index in [-0.39, 0.29) is 18.9 Å². The Balaban J connectivity index is 3.74. The molecular formula is C10H17F3O2. The zero-order valence-corrected chi connectivity index (χ0v) is 9.23. The molecule has 2 unspecified atom stereocenters. The maximum absolute atomic E-state index is 12.2. The molecule has 0 aromatic carbocycles. The lowest BCUT2D eigenvalue weighted by atomic mass is 9.95. The summed E-state index contributed by atoms with van der Waals surface area (Å²) in [4.78, 5) is 10.4. The Bertz CT molecular complexity index is 201. The quantitative estimate of drug-likeness (QED) is 0.673. The molecule has 0 bridgehead atoms. The third-order valence-electron chi connectivity index (χ3n) is 2.23. The van der Waals surface area contributed by atoms with Gasteiger partial charge >= 0.3 is 12.1 Å². The molecule has 5 heteroatoms. The predicted molar refractivity (Wildman–Crippen MR) is 50.3 cm³/mol. The van der Waals surface area contributed by atoms with Crippen molar-refractivity contribution in [3.63, 3.8) is 0 Å². The van der Waals surface area contributed by atoms with Crippen molar-refractivity contribution < 1.29 is 22.7 Å². The van der Waals surface area contributed by atoms with Gasteiger partial charge < -0.3 is 4.74 Å². The van der Waals surface area contributed by atoms with E-state index >= 15 is 0 Å². The summed E-state index contributed by atoms with van der Waals surface area (Å²) in [5.41, 5.74) is 0. The van der Waals surface area contributed by atoms with Crippen LogP contribution in [0.25, 0.3) is 0 Å². The second-order valence-electron chi connectivity index (χ2n) is 3.91. The topological polar surface area (TPSA) is 26.3 Å². The van der Waals surface area contributed by atoms with Crippen LogP contribution in [0.3, 0.4) is 0 Å². The summed E-state index contributed by atoms with van der Waals surface area (Å²) >= 11 is 0. The number of carbonyl (C=O) groups excluding carboxylic acids is 1. The van der Waals surface area contributed by atoms with Crippen molar-refractivity contribution >= 4 is 5.97 Å². The Morgan fingerprint density at radius 1 is 1.33 bits per heavy atom. The second kappa shape index (κ2) is 5.98. The molecule has 15 heavy (non-hydrogen) atoms. The van der Waals surface area contributed by atoms with E-state index in [2.05, 4.69) is 4.74 Å². The maximum Gasteiger partial charge on any atom is 0.391 e. The highest BCUT2D eigenvalue weighted by atomic mass is 19.4. The molecule has 0 aromatic heterocycles. The predicted octanol–water partition coefficient (Wildman–Crippen LogP) is 3.16. The average Bonchev–Trinajstić information content (AvgIpc) is 2.01. The van der Waals surface area contributed by atoms with E-state index in [9.17, 15) is 18.0 Å². The minimum absolute atomic E-state index is 0.0742. The highest BCUT2D eigenvalue weighted by molar-refractivity contribution is 5.65. The van der Waals surface area contributed by atoms with Crippen molar-refractivity contribution in [2.75, 3.05) is 6.61 Å². The molecular weight excluding hydrogens is 209 g/mol. The average molecular weight is 226 g/mol. The molecule has 0 aliphatic rings. The van der Waals surface area contributed by atoms with Gasteiger partial charge in [0.05, 0.1) is 12.5 Å². The molecule has 0 rings (SSSR count). The summed E-state index contributed by atoms with van der Waals surface area (Å²) in [6, 6.07) is 0. The van der Waals surface area contributed by atoms with Crippen LogP contribution in [0.2, 0.25) is 0 Å². The fraction of sp³-hybridized carbons (Fsp3) is 0.900. The molecule has 0 N–H and O–H groups in total.